The number of fused-ring (bicyclic) bond motifs is 2. The van der Waals surface area contributed by atoms with Crippen LogP contribution in [0.4, 0.5) is 10.5 Å². The third kappa shape index (κ3) is 5.43. The molecule has 0 radical (unpaired) electrons. The van der Waals surface area contributed by atoms with Crippen LogP contribution < -0.4 is 20.1 Å². The van der Waals surface area contributed by atoms with Gasteiger partial charge in [-0.1, -0.05) is 6.92 Å². The van der Waals surface area contributed by atoms with Gasteiger partial charge in [0.05, 0.1) is 44.4 Å². The fourth-order valence-corrected chi connectivity index (χ4v) is 4.29. The van der Waals surface area contributed by atoms with Gasteiger partial charge >= 0.3 is 6.03 Å². The summed E-state index contributed by atoms with van der Waals surface area (Å²) in [7, 11) is 0. The first-order valence-electron chi connectivity index (χ1n) is 11.2. The Morgan fingerprint density at radius 1 is 1.19 bits per heavy atom. The Bertz CT molecular complexity index is 821. The number of carbonyl (C=O) groups excluding carboxylic acids is 2. The van der Waals surface area contributed by atoms with Crippen LogP contribution in [-0.2, 0) is 14.3 Å². The van der Waals surface area contributed by atoms with Crippen molar-refractivity contribution < 1.29 is 33.6 Å². The number of nitrogens with zero attached hydrogens (tertiary/aromatic N) is 1. The highest BCUT2D eigenvalue weighted by atomic mass is 16.7. The van der Waals surface area contributed by atoms with Crippen LogP contribution in [0.5, 0.6) is 11.5 Å². The van der Waals surface area contributed by atoms with Crippen molar-refractivity contribution in [2.45, 2.75) is 57.0 Å². The lowest BCUT2D eigenvalue weighted by molar-refractivity contribution is -0.149. The molecule has 0 spiro atoms. The number of aliphatic hydroxyl groups excluding tert-OH is 1. The fraction of sp³-hybridized carbons (Fsp3) is 0.636. The van der Waals surface area contributed by atoms with Gasteiger partial charge in [0.15, 0.2) is 11.5 Å². The summed E-state index contributed by atoms with van der Waals surface area (Å²) in [5, 5.41) is 16.1. The van der Waals surface area contributed by atoms with Crippen molar-refractivity contribution in [3.63, 3.8) is 0 Å². The molecule has 3 amide bonds. The summed E-state index contributed by atoms with van der Waals surface area (Å²) in [6.45, 7) is 3.30. The van der Waals surface area contributed by atoms with Crippen LogP contribution in [-0.4, -0.2) is 79.4 Å². The largest absolute Gasteiger partial charge is 0.454 e. The van der Waals surface area contributed by atoms with E-state index in [4.69, 9.17) is 18.9 Å². The second-order valence-electron chi connectivity index (χ2n) is 8.34. The number of hydrogen-bond acceptors (Lipinski definition) is 7. The van der Waals surface area contributed by atoms with Crippen LogP contribution in [0.25, 0.3) is 0 Å². The second kappa shape index (κ2) is 10.4. The van der Waals surface area contributed by atoms with Crippen molar-refractivity contribution >= 4 is 17.6 Å². The average molecular weight is 450 g/mol. The van der Waals surface area contributed by atoms with Gasteiger partial charge in [-0.2, -0.15) is 0 Å². The first-order chi connectivity index (χ1) is 15.5. The van der Waals surface area contributed by atoms with Crippen LogP contribution in [0, 0.1) is 0 Å². The van der Waals surface area contributed by atoms with Crippen molar-refractivity contribution in [1.29, 1.82) is 0 Å². The lowest BCUT2D eigenvalue weighted by atomic mass is 9.95. The number of rotatable bonds is 5. The molecule has 0 saturated carbocycles. The number of hydrogen-bond donors (Lipinski definition) is 3. The molecule has 2 saturated heterocycles. The van der Waals surface area contributed by atoms with E-state index in [9.17, 15) is 14.7 Å². The number of β-amino-alcohol motifs (C(OH)–C–C–N with tert-alkyl or cyclic N) is 1. The van der Waals surface area contributed by atoms with Crippen LogP contribution in [0.1, 0.15) is 32.6 Å². The third-order valence-electron chi connectivity index (χ3n) is 5.85. The van der Waals surface area contributed by atoms with E-state index >= 15 is 0 Å². The zero-order valence-corrected chi connectivity index (χ0v) is 18.2. The monoisotopic (exact) mass is 449 g/mol. The quantitative estimate of drug-likeness (QED) is 0.623. The molecular weight excluding hydrogens is 418 g/mol. The first-order valence-corrected chi connectivity index (χ1v) is 11.2. The summed E-state index contributed by atoms with van der Waals surface area (Å²) in [5.74, 6) is 1.18. The minimum absolute atomic E-state index is 0.0325. The van der Waals surface area contributed by atoms with E-state index in [-0.39, 0.29) is 63.2 Å². The van der Waals surface area contributed by atoms with Gasteiger partial charge in [-0.3, -0.25) is 4.79 Å². The fourth-order valence-electron chi connectivity index (χ4n) is 4.29. The number of amides is 3. The minimum atomic E-state index is -0.795. The van der Waals surface area contributed by atoms with E-state index in [1.54, 1.807) is 23.1 Å². The number of aliphatic hydroxyl groups is 1. The van der Waals surface area contributed by atoms with E-state index in [0.29, 0.717) is 36.6 Å². The van der Waals surface area contributed by atoms with E-state index in [1.807, 2.05) is 6.92 Å². The Labute approximate surface area is 187 Å². The molecule has 3 aliphatic heterocycles. The molecule has 32 heavy (non-hydrogen) atoms. The van der Waals surface area contributed by atoms with Gasteiger partial charge < -0.3 is 39.6 Å². The van der Waals surface area contributed by atoms with E-state index < -0.39 is 6.10 Å². The predicted octanol–water partition coefficient (Wildman–Crippen LogP) is 1.47. The van der Waals surface area contributed by atoms with Gasteiger partial charge in [0, 0.05) is 18.3 Å². The number of ether oxygens (including phenoxy) is 4. The molecule has 0 aliphatic carbocycles. The number of carbonyl (C=O) groups is 2. The average Bonchev–Trinajstić information content (AvgIpc) is 3.23. The topological polar surface area (TPSA) is 119 Å². The first kappa shape index (κ1) is 22.6. The SMILES string of the molecule is CCCNC(=O)C[C@H]1CC[C@@H]2[C@H](COC[C@H](O)CN2C(=O)Nc2ccc3c(c2)OCO3)O1. The van der Waals surface area contributed by atoms with Crippen molar-refractivity contribution in [3.05, 3.63) is 18.2 Å². The van der Waals surface area contributed by atoms with Crippen molar-refractivity contribution in [1.82, 2.24) is 10.2 Å². The van der Waals surface area contributed by atoms with Gasteiger partial charge in [-0.15, -0.1) is 0 Å². The van der Waals surface area contributed by atoms with Crippen molar-refractivity contribution in [3.8, 4) is 11.5 Å². The van der Waals surface area contributed by atoms with Gasteiger partial charge in [-0.05, 0) is 31.4 Å². The molecule has 10 heteroatoms. The summed E-state index contributed by atoms with van der Waals surface area (Å²) >= 11 is 0. The maximum absolute atomic E-state index is 13.2. The normalized spacial score (nSPS) is 27.1. The molecule has 2 fully saturated rings. The summed E-state index contributed by atoms with van der Waals surface area (Å²) in [4.78, 5) is 26.9. The Hall–Kier alpha value is -2.56. The van der Waals surface area contributed by atoms with Gasteiger partial charge in [0.25, 0.3) is 0 Å². The molecule has 0 aromatic heterocycles. The molecule has 1 aromatic rings. The molecule has 4 rings (SSSR count). The van der Waals surface area contributed by atoms with Crippen molar-refractivity contribution in [2.24, 2.45) is 0 Å². The number of anilines is 1. The molecule has 3 heterocycles. The highest BCUT2D eigenvalue weighted by molar-refractivity contribution is 5.90. The van der Waals surface area contributed by atoms with Crippen LogP contribution in [0.15, 0.2) is 18.2 Å². The summed E-state index contributed by atoms with van der Waals surface area (Å²) in [5.41, 5.74) is 0.575. The Balaban J connectivity index is 1.42. The van der Waals surface area contributed by atoms with Gasteiger partial charge in [0.1, 0.15) is 6.10 Å². The summed E-state index contributed by atoms with van der Waals surface area (Å²) in [6, 6.07) is 4.60. The van der Waals surface area contributed by atoms with E-state index in [2.05, 4.69) is 10.6 Å². The Kier molecular flexibility index (Phi) is 7.33. The number of urea groups is 1. The van der Waals surface area contributed by atoms with Gasteiger partial charge in [0.2, 0.25) is 12.7 Å². The van der Waals surface area contributed by atoms with Crippen LogP contribution in [0.2, 0.25) is 0 Å². The molecule has 1 aromatic carbocycles. The highest BCUT2D eigenvalue weighted by Crippen LogP contribution is 2.34. The number of nitrogens with one attached hydrogen (secondary N) is 2. The molecule has 176 valence electrons. The maximum Gasteiger partial charge on any atom is 0.322 e. The molecule has 0 bridgehead atoms. The zero-order chi connectivity index (χ0) is 22.5. The summed E-state index contributed by atoms with van der Waals surface area (Å²) in [6.07, 6.45) is 1.07. The van der Waals surface area contributed by atoms with Crippen LogP contribution >= 0.6 is 0 Å². The lowest BCUT2D eigenvalue weighted by Gasteiger charge is -2.44. The predicted molar refractivity (Wildman–Crippen MR) is 115 cm³/mol. The third-order valence-corrected chi connectivity index (χ3v) is 5.85. The molecule has 0 unspecified atom stereocenters. The summed E-state index contributed by atoms with van der Waals surface area (Å²) < 4.78 is 22.5. The van der Waals surface area contributed by atoms with E-state index in [0.717, 1.165) is 6.42 Å². The second-order valence-corrected chi connectivity index (χ2v) is 8.34. The van der Waals surface area contributed by atoms with Crippen LogP contribution in [0.3, 0.4) is 0 Å². The molecular formula is C22H31N3O7. The smallest absolute Gasteiger partial charge is 0.322 e. The standard InChI is InChI=1S/C22H31N3O7/c1-2-7-23-21(27)9-16-4-5-17-20(32-16)12-29-11-15(26)10-25(17)22(28)24-14-3-6-18-19(8-14)31-13-30-18/h3,6,8,15-17,20,26H,2,4-5,7,9-13H2,1H3,(H,23,27)(H,24,28)/t15-,16-,17-,20+/m1/s1. The minimum Gasteiger partial charge on any atom is -0.454 e. The molecule has 10 nitrogen and oxygen atoms in total. The maximum atomic E-state index is 13.2. The van der Waals surface area contributed by atoms with Crippen molar-refractivity contribution in [2.75, 3.05) is 38.4 Å². The molecule has 3 N–H and O–H groups in total. The van der Waals surface area contributed by atoms with E-state index in [1.165, 1.54) is 0 Å². The Morgan fingerprint density at radius 2 is 2.03 bits per heavy atom. The molecule has 4 atom stereocenters. The lowest BCUT2D eigenvalue weighted by Crippen LogP contribution is -2.58. The highest BCUT2D eigenvalue weighted by Gasteiger charge is 2.40. The van der Waals surface area contributed by atoms with Gasteiger partial charge in [-0.25, -0.2) is 4.79 Å². The number of benzene rings is 1. The molecule has 3 aliphatic rings. The zero-order valence-electron chi connectivity index (χ0n) is 18.2. The Morgan fingerprint density at radius 3 is 2.88 bits per heavy atom.